The number of hydrogen-bond donors (Lipinski definition) is 0. The molecule has 1 amide bonds. The molecule has 45 heavy (non-hydrogen) atoms. The van der Waals surface area contributed by atoms with Crippen molar-refractivity contribution < 1.29 is 13.2 Å². The Morgan fingerprint density at radius 1 is 0.956 bits per heavy atom. The minimum absolute atomic E-state index is 0.0821. The molecule has 0 unspecified atom stereocenters. The summed E-state index contributed by atoms with van der Waals surface area (Å²) in [5, 5.41) is 9.24. The Balaban J connectivity index is 1.11. The SMILES string of the molecule is CC(C)n1cc(-c2cnn(CC(=O)N3CCN(C)CC3)c2)c2cnc(Cc3ccnc(-c4cnn(S(=O)(=O)C5CC5)c4)n3)cc21. The average Bonchev–Trinajstić information content (AvgIpc) is 3.41. The molecule has 0 radical (unpaired) electrons. The van der Waals surface area contributed by atoms with Crippen molar-refractivity contribution in [3.8, 4) is 22.5 Å². The van der Waals surface area contributed by atoms with Crippen molar-refractivity contribution in [2.24, 2.45) is 0 Å². The van der Waals surface area contributed by atoms with Gasteiger partial charge in [-0.2, -0.15) is 14.3 Å². The van der Waals surface area contributed by atoms with E-state index >= 15 is 0 Å². The van der Waals surface area contributed by atoms with Crippen LogP contribution in [0.15, 0.2) is 55.5 Å². The molecule has 0 aromatic carbocycles. The number of fused-ring (bicyclic) bond motifs is 1. The van der Waals surface area contributed by atoms with Crippen LogP contribution in [0.1, 0.15) is 44.1 Å². The minimum Gasteiger partial charge on any atom is -0.344 e. The molecule has 6 heterocycles. The van der Waals surface area contributed by atoms with Crippen LogP contribution in [0.25, 0.3) is 33.4 Å². The predicted molar refractivity (Wildman–Crippen MR) is 169 cm³/mol. The van der Waals surface area contributed by atoms with Crippen molar-refractivity contribution in [1.82, 2.24) is 48.3 Å². The van der Waals surface area contributed by atoms with Crippen LogP contribution in [0.5, 0.6) is 0 Å². The van der Waals surface area contributed by atoms with E-state index in [0.717, 1.165) is 63.7 Å². The Morgan fingerprint density at radius 3 is 2.49 bits per heavy atom. The molecule has 0 atom stereocenters. The Morgan fingerprint density at radius 2 is 1.73 bits per heavy atom. The second-order valence-electron chi connectivity index (χ2n) is 12.2. The highest BCUT2D eigenvalue weighted by atomic mass is 32.2. The minimum atomic E-state index is -3.46. The first kappa shape index (κ1) is 29.3. The van der Waals surface area contributed by atoms with Gasteiger partial charge in [-0.3, -0.25) is 14.5 Å². The van der Waals surface area contributed by atoms with Crippen molar-refractivity contribution in [3.63, 3.8) is 0 Å². The van der Waals surface area contributed by atoms with Gasteiger partial charge in [0.15, 0.2) is 5.82 Å². The summed E-state index contributed by atoms with van der Waals surface area (Å²) in [4.78, 5) is 30.9. The molecule has 5 aromatic heterocycles. The smallest absolute Gasteiger partial charge is 0.256 e. The third kappa shape index (κ3) is 5.87. The molecule has 234 valence electrons. The number of pyridine rings is 1. The zero-order valence-electron chi connectivity index (χ0n) is 25.6. The zero-order valence-corrected chi connectivity index (χ0v) is 26.4. The van der Waals surface area contributed by atoms with Crippen molar-refractivity contribution in [2.75, 3.05) is 33.2 Å². The number of carbonyl (C=O) groups is 1. The van der Waals surface area contributed by atoms with Gasteiger partial charge in [0, 0.05) is 85.6 Å². The number of likely N-dealkylation sites (N-methyl/N-ethyl adjacent to an activating group) is 1. The standard InChI is InChI=1S/C31H36N10O3S/c1-21(2)40-19-28(22-14-34-39(17-22)20-30(42)38-10-8-37(3)9-11-38)27-16-33-25(13-29(27)40)12-24-6-7-32-31(36-24)23-15-35-41(18-23)45(43,44)26-4-5-26/h6-7,13-19,21,26H,4-5,8-12,20H2,1-3H3. The van der Waals surface area contributed by atoms with E-state index in [2.05, 4.69) is 57.8 Å². The van der Waals surface area contributed by atoms with Gasteiger partial charge in [0.1, 0.15) is 6.54 Å². The molecule has 0 N–H and O–H groups in total. The van der Waals surface area contributed by atoms with E-state index in [4.69, 9.17) is 9.97 Å². The van der Waals surface area contributed by atoms with Gasteiger partial charge in [0.2, 0.25) is 5.91 Å². The van der Waals surface area contributed by atoms with Gasteiger partial charge in [0.25, 0.3) is 10.0 Å². The normalized spacial score (nSPS) is 16.2. The fraction of sp³-hybridized carbons (Fsp3) is 0.419. The lowest BCUT2D eigenvalue weighted by molar-refractivity contribution is -0.133. The molecule has 0 spiro atoms. The van der Waals surface area contributed by atoms with Crippen LogP contribution in [0.3, 0.4) is 0 Å². The van der Waals surface area contributed by atoms with Crippen molar-refractivity contribution in [2.45, 2.75) is 50.9 Å². The molecule has 1 saturated carbocycles. The molecule has 14 heteroatoms. The first-order chi connectivity index (χ1) is 21.7. The first-order valence-corrected chi connectivity index (χ1v) is 16.8. The van der Waals surface area contributed by atoms with Gasteiger partial charge >= 0.3 is 0 Å². The second kappa shape index (κ2) is 11.5. The van der Waals surface area contributed by atoms with Gasteiger partial charge < -0.3 is 14.4 Å². The molecule has 5 aromatic rings. The van der Waals surface area contributed by atoms with Crippen molar-refractivity contribution in [1.29, 1.82) is 0 Å². The molecular formula is C31H36N10O3S. The van der Waals surface area contributed by atoms with E-state index < -0.39 is 10.0 Å². The van der Waals surface area contributed by atoms with Crippen LogP contribution in [0, 0.1) is 0 Å². The summed E-state index contributed by atoms with van der Waals surface area (Å²) >= 11 is 0. The highest BCUT2D eigenvalue weighted by molar-refractivity contribution is 7.90. The molecule has 1 aliphatic heterocycles. The largest absolute Gasteiger partial charge is 0.344 e. The fourth-order valence-corrected chi connectivity index (χ4v) is 7.20. The molecule has 1 saturated heterocycles. The first-order valence-electron chi connectivity index (χ1n) is 15.3. The topological polar surface area (TPSA) is 137 Å². The molecule has 2 fully saturated rings. The van der Waals surface area contributed by atoms with Crippen molar-refractivity contribution in [3.05, 3.63) is 66.9 Å². The maximum Gasteiger partial charge on any atom is 0.256 e. The van der Waals surface area contributed by atoms with Gasteiger partial charge in [-0.25, -0.2) is 18.4 Å². The third-order valence-corrected chi connectivity index (χ3v) is 10.6. The zero-order chi connectivity index (χ0) is 31.3. The fourth-order valence-electron chi connectivity index (χ4n) is 5.72. The van der Waals surface area contributed by atoms with E-state index in [0.29, 0.717) is 30.7 Å². The molecule has 1 aliphatic carbocycles. The van der Waals surface area contributed by atoms with E-state index in [-0.39, 0.29) is 23.7 Å². The molecule has 13 nitrogen and oxygen atoms in total. The Labute approximate surface area is 261 Å². The van der Waals surface area contributed by atoms with Gasteiger partial charge in [-0.1, -0.05) is 0 Å². The number of rotatable bonds is 9. The second-order valence-corrected chi connectivity index (χ2v) is 14.3. The Bertz CT molecular complexity index is 1980. The number of hydrogen-bond acceptors (Lipinski definition) is 9. The number of aromatic nitrogens is 8. The van der Waals surface area contributed by atoms with Crippen LogP contribution in [-0.4, -0.2) is 101 Å². The highest BCUT2D eigenvalue weighted by Gasteiger charge is 2.37. The lowest BCUT2D eigenvalue weighted by Crippen LogP contribution is -2.48. The molecule has 0 bridgehead atoms. The number of carbonyl (C=O) groups excluding carboxylic acids is 1. The van der Waals surface area contributed by atoms with Crippen LogP contribution in [0.2, 0.25) is 0 Å². The van der Waals surface area contributed by atoms with Crippen LogP contribution >= 0.6 is 0 Å². The monoisotopic (exact) mass is 628 g/mol. The number of piperazine rings is 1. The van der Waals surface area contributed by atoms with E-state index in [9.17, 15) is 13.2 Å². The van der Waals surface area contributed by atoms with Gasteiger partial charge in [0.05, 0.1) is 40.6 Å². The highest BCUT2D eigenvalue weighted by Crippen LogP contribution is 2.33. The average molecular weight is 629 g/mol. The lowest BCUT2D eigenvalue weighted by Gasteiger charge is -2.32. The summed E-state index contributed by atoms with van der Waals surface area (Å²) < 4.78 is 30.1. The summed E-state index contributed by atoms with van der Waals surface area (Å²) in [6.07, 6.45) is 14.2. The van der Waals surface area contributed by atoms with Gasteiger partial charge in [-0.15, -0.1) is 0 Å². The molecule has 7 rings (SSSR count). The number of amides is 1. The molecule has 2 aliphatic rings. The van der Waals surface area contributed by atoms with Crippen LogP contribution < -0.4 is 0 Å². The van der Waals surface area contributed by atoms with E-state index in [1.54, 1.807) is 10.9 Å². The maximum absolute atomic E-state index is 12.9. The van der Waals surface area contributed by atoms with Gasteiger partial charge in [-0.05, 0) is 45.9 Å². The maximum atomic E-state index is 12.9. The van der Waals surface area contributed by atoms with E-state index in [1.165, 1.54) is 12.4 Å². The van der Waals surface area contributed by atoms with Crippen molar-refractivity contribution >= 4 is 26.8 Å². The number of nitrogens with zero attached hydrogens (tertiary/aromatic N) is 10. The summed E-state index contributed by atoms with van der Waals surface area (Å²) in [5.41, 5.74) is 5.15. The summed E-state index contributed by atoms with van der Waals surface area (Å²) in [6.45, 7) is 7.75. The summed E-state index contributed by atoms with van der Waals surface area (Å²) in [6, 6.07) is 4.13. The summed E-state index contributed by atoms with van der Waals surface area (Å²) in [7, 11) is -1.38. The Kier molecular flexibility index (Phi) is 7.48. The Hall–Kier alpha value is -4.43. The quantitative estimate of drug-likeness (QED) is 0.241. The third-order valence-electron chi connectivity index (χ3n) is 8.53. The molecular weight excluding hydrogens is 592 g/mol. The van der Waals surface area contributed by atoms with Crippen LogP contribution in [0.4, 0.5) is 0 Å². The van der Waals surface area contributed by atoms with Crippen LogP contribution in [-0.2, 0) is 27.8 Å². The van der Waals surface area contributed by atoms with E-state index in [1.807, 2.05) is 29.6 Å². The lowest BCUT2D eigenvalue weighted by atomic mass is 10.1. The summed E-state index contributed by atoms with van der Waals surface area (Å²) in [5.74, 6) is 0.500. The predicted octanol–water partition coefficient (Wildman–Crippen LogP) is 2.84.